The lowest BCUT2D eigenvalue weighted by molar-refractivity contribution is -0.129. The monoisotopic (exact) mass is 322 g/mol. The van der Waals surface area contributed by atoms with E-state index in [9.17, 15) is 9.18 Å². The maximum Gasteiger partial charge on any atom is 0.261 e. The summed E-state index contributed by atoms with van der Waals surface area (Å²) < 4.78 is 19.3. The summed E-state index contributed by atoms with van der Waals surface area (Å²) in [6, 6.07) is 6.11. The molecule has 1 aromatic carbocycles. The summed E-state index contributed by atoms with van der Waals surface area (Å²) in [5.41, 5.74) is 5.85. The van der Waals surface area contributed by atoms with E-state index in [2.05, 4.69) is 5.32 Å². The summed E-state index contributed by atoms with van der Waals surface area (Å²) in [5, 5.41) is 3.02. The van der Waals surface area contributed by atoms with Crippen LogP contribution in [0.4, 0.5) is 4.39 Å². The molecule has 0 heterocycles. The molecule has 1 aliphatic carbocycles. The van der Waals surface area contributed by atoms with Gasteiger partial charge >= 0.3 is 0 Å². The Bertz CT molecular complexity index is 504. The molecule has 4 nitrogen and oxygen atoms in total. The number of hydrogen-bond acceptors (Lipinski definition) is 3. The van der Waals surface area contributed by atoms with Crippen molar-refractivity contribution in [1.82, 2.24) is 5.32 Å². The van der Waals surface area contributed by atoms with Crippen molar-refractivity contribution in [3.05, 3.63) is 30.1 Å². The predicted octanol–water partition coefficient (Wildman–Crippen LogP) is 3.01. The van der Waals surface area contributed by atoms with E-state index in [-0.39, 0.29) is 17.7 Å². The molecule has 0 aliphatic heterocycles. The number of benzene rings is 1. The van der Waals surface area contributed by atoms with Crippen molar-refractivity contribution in [3.8, 4) is 5.75 Å². The van der Waals surface area contributed by atoms with Crippen LogP contribution in [0.1, 0.15) is 45.4 Å². The van der Waals surface area contributed by atoms with Crippen LogP contribution in [0.3, 0.4) is 0 Å². The molecular weight excluding hydrogens is 295 g/mol. The second-order valence-electron chi connectivity index (χ2n) is 6.19. The standard InChI is InChI=1S/C18H27FN2O2/c1-2-16(23-17-11-7-6-10-14(17)19)18(22)21-15(12-20)13-8-4-3-5-9-13/h6-7,10-11,13,15-16H,2-5,8-9,12,20H2,1H3,(H,21,22). The van der Waals surface area contributed by atoms with Crippen molar-refractivity contribution in [3.63, 3.8) is 0 Å². The Morgan fingerprint density at radius 2 is 2.04 bits per heavy atom. The van der Waals surface area contributed by atoms with E-state index in [0.717, 1.165) is 12.8 Å². The highest BCUT2D eigenvalue weighted by molar-refractivity contribution is 5.81. The lowest BCUT2D eigenvalue weighted by Crippen LogP contribution is -2.50. The molecular formula is C18H27FN2O2. The molecule has 1 amide bonds. The molecule has 3 N–H and O–H groups in total. The van der Waals surface area contributed by atoms with Gasteiger partial charge in [0.2, 0.25) is 0 Å². The second-order valence-corrected chi connectivity index (χ2v) is 6.19. The van der Waals surface area contributed by atoms with Crippen LogP contribution < -0.4 is 15.8 Å². The van der Waals surface area contributed by atoms with E-state index >= 15 is 0 Å². The first kappa shape index (κ1) is 17.7. The molecule has 0 radical (unpaired) electrons. The van der Waals surface area contributed by atoms with Crippen molar-refractivity contribution in [2.45, 2.75) is 57.6 Å². The Morgan fingerprint density at radius 1 is 1.35 bits per heavy atom. The Hall–Kier alpha value is -1.62. The van der Waals surface area contributed by atoms with Crippen molar-refractivity contribution < 1.29 is 13.9 Å². The predicted molar refractivity (Wildman–Crippen MR) is 88.7 cm³/mol. The number of nitrogens with one attached hydrogen (secondary N) is 1. The second kappa shape index (κ2) is 8.87. The van der Waals surface area contributed by atoms with E-state index in [1.165, 1.54) is 31.4 Å². The molecule has 2 atom stereocenters. The van der Waals surface area contributed by atoms with Gasteiger partial charge in [0.1, 0.15) is 0 Å². The summed E-state index contributed by atoms with van der Waals surface area (Å²) in [7, 11) is 0. The van der Waals surface area contributed by atoms with Crippen LogP contribution in [0.15, 0.2) is 24.3 Å². The first-order valence-electron chi connectivity index (χ1n) is 8.57. The fraction of sp³-hybridized carbons (Fsp3) is 0.611. The molecule has 0 aromatic heterocycles. The Morgan fingerprint density at radius 3 is 2.65 bits per heavy atom. The van der Waals surface area contributed by atoms with Crippen molar-refractivity contribution >= 4 is 5.91 Å². The highest BCUT2D eigenvalue weighted by Crippen LogP contribution is 2.26. The molecule has 5 heteroatoms. The summed E-state index contributed by atoms with van der Waals surface area (Å²) in [5.74, 6) is -0.127. The van der Waals surface area contributed by atoms with Crippen LogP contribution >= 0.6 is 0 Å². The summed E-state index contributed by atoms with van der Waals surface area (Å²) >= 11 is 0. The minimum atomic E-state index is -0.704. The zero-order valence-electron chi connectivity index (χ0n) is 13.8. The molecule has 1 aromatic rings. The number of para-hydroxylation sites is 1. The van der Waals surface area contributed by atoms with Crippen molar-refractivity contribution in [2.75, 3.05) is 6.54 Å². The van der Waals surface area contributed by atoms with Crippen LogP contribution in [0.5, 0.6) is 5.75 Å². The maximum atomic E-state index is 13.7. The zero-order valence-corrected chi connectivity index (χ0v) is 13.8. The third kappa shape index (κ3) is 4.93. The summed E-state index contributed by atoms with van der Waals surface area (Å²) in [4.78, 5) is 12.5. The first-order valence-corrected chi connectivity index (χ1v) is 8.57. The normalized spacial score (nSPS) is 18.2. The molecule has 2 rings (SSSR count). The topological polar surface area (TPSA) is 64.3 Å². The fourth-order valence-electron chi connectivity index (χ4n) is 3.20. The molecule has 0 saturated heterocycles. The van der Waals surface area contributed by atoms with Crippen LogP contribution in [-0.4, -0.2) is 24.6 Å². The van der Waals surface area contributed by atoms with E-state index in [4.69, 9.17) is 10.5 Å². The average molecular weight is 322 g/mol. The van der Waals surface area contributed by atoms with E-state index in [1.807, 2.05) is 6.92 Å². The molecule has 1 aliphatic rings. The van der Waals surface area contributed by atoms with E-state index in [1.54, 1.807) is 12.1 Å². The molecule has 1 fully saturated rings. The minimum Gasteiger partial charge on any atom is -0.478 e. The van der Waals surface area contributed by atoms with Crippen molar-refractivity contribution in [2.24, 2.45) is 11.7 Å². The molecule has 0 bridgehead atoms. The molecule has 23 heavy (non-hydrogen) atoms. The van der Waals surface area contributed by atoms with Gasteiger partial charge in [0.05, 0.1) is 0 Å². The Labute approximate surface area is 137 Å². The molecule has 128 valence electrons. The van der Waals surface area contributed by atoms with Gasteiger partial charge in [-0.2, -0.15) is 0 Å². The number of hydrogen-bond donors (Lipinski definition) is 2. The van der Waals surface area contributed by atoms with E-state index < -0.39 is 11.9 Å². The van der Waals surface area contributed by atoms with Crippen LogP contribution in [0, 0.1) is 11.7 Å². The fourth-order valence-corrected chi connectivity index (χ4v) is 3.20. The van der Waals surface area contributed by atoms with Gasteiger partial charge in [-0.15, -0.1) is 0 Å². The van der Waals surface area contributed by atoms with Gasteiger partial charge in [0, 0.05) is 12.6 Å². The van der Waals surface area contributed by atoms with Gasteiger partial charge in [-0.05, 0) is 37.3 Å². The summed E-state index contributed by atoms with van der Waals surface area (Å²) in [6.07, 6.45) is 5.63. The lowest BCUT2D eigenvalue weighted by Gasteiger charge is -2.31. The highest BCUT2D eigenvalue weighted by atomic mass is 19.1. The number of carbonyl (C=O) groups excluding carboxylic acids is 1. The molecule has 2 unspecified atom stereocenters. The maximum absolute atomic E-state index is 13.7. The van der Waals surface area contributed by atoms with Crippen LogP contribution in [0.2, 0.25) is 0 Å². The number of carbonyl (C=O) groups is 1. The van der Waals surface area contributed by atoms with E-state index in [0.29, 0.717) is 18.9 Å². The van der Waals surface area contributed by atoms with Gasteiger partial charge in [-0.25, -0.2) is 4.39 Å². The van der Waals surface area contributed by atoms with Crippen LogP contribution in [0.25, 0.3) is 0 Å². The quantitative estimate of drug-likeness (QED) is 0.811. The molecule has 1 saturated carbocycles. The van der Waals surface area contributed by atoms with Gasteiger partial charge in [0.15, 0.2) is 17.7 Å². The van der Waals surface area contributed by atoms with Gasteiger partial charge in [0.25, 0.3) is 5.91 Å². The Balaban J connectivity index is 1.97. The first-order chi connectivity index (χ1) is 11.2. The zero-order chi connectivity index (χ0) is 16.7. The van der Waals surface area contributed by atoms with Crippen LogP contribution in [-0.2, 0) is 4.79 Å². The number of halogens is 1. The van der Waals surface area contributed by atoms with Gasteiger partial charge in [-0.1, -0.05) is 38.3 Å². The minimum absolute atomic E-state index is 0.0268. The SMILES string of the molecule is CCC(Oc1ccccc1F)C(=O)NC(CN)C1CCCCC1. The molecule has 0 spiro atoms. The Kier molecular flexibility index (Phi) is 6.84. The smallest absolute Gasteiger partial charge is 0.261 e. The number of ether oxygens (including phenoxy) is 1. The van der Waals surface area contributed by atoms with Gasteiger partial charge < -0.3 is 15.8 Å². The third-order valence-electron chi connectivity index (χ3n) is 4.57. The van der Waals surface area contributed by atoms with Gasteiger partial charge in [-0.3, -0.25) is 4.79 Å². The number of nitrogens with two attached hydrogens (primary N) is 1. The summed E-state index contributed by atoms with van der Waals surface area (Å²) in [6.45, 7) is 2.27. The largest absolute Gasteiger partial charge is 0.478 e. The number of rotatable bonds is 7. The number of amides is 1. The highest BCUT2D eigenvalue weighted by Gasteiger charge is 2.27. The third-order valence-corrected chi connectivity index (χ3v) is 4.57. The average Bonchev–Trinajstić information content (AvgIpc) is 2.59. The van der Waals surface area contributed by atoms with Crippen molar-refractivity contribution in [1.29, 1.82) is 0 Å². The lowest BCUT2D eigenvalue weighted by atomic mass is 9.84.